The number of aromatic nitrogens is 4. The van der Waals surface area contributed by atoms with Gasteiger partial charge in [0.2, 0.25) is 0 Å². The van der Waals surface area contributed by atoms with Crippen LogP contribution in [0.1, 0.15) is 0 Å². The summed E-state index contributed by atoms with van der Waals surface area (Å²) in [7, 11) is 0. The Kier molecular flexibility index (Phi) is 13.1. The zero-order chi connectivity index (χ0) is 48.3. The molecule has 0 aliphatic heterocycles. The van der Waals surface area contributed by atoms with Crippen molar-refractivity contribution in [2.24, 2.45) is 0 Å². The normalized spacial score (nSPS) is 10.8. The van der Waals surface area contributed by atoms with Crippen molar-refractivity contribution in [2.75, 3.05) is 0 Å². The predicted molar refractivity (Wildman–Crippen MR) is 287 cm³/mol. The number of benzene rings is 8. The Morgan fingerprint density at radius 1 is 0.181 bits per heavy atom. The zero-order valence-corrected chi connectivity index (χ0v) is 38.8. The van der Waals surface area contributed by atoms with Gasteiger partial charge in [0.15, 0.2) is 0 Å². The molecule has 0 aliphatic carbocycles. The Morgan fingerprint density at radius 2 is 0.361 bits per heavy atom. The van der Waals surface area contributed by atoms with Crippen molar-refractivity contribution in [3.05, 3.63) is 267 Å². The number of nitrogens with zero attached hydrogens (tertiary/aromatic N) is 4. The van der Waals surface area contributed by atoms with E-state index in [0.717, 1.165) is 113 Å². The number of hydrogen-bond donors (Lipinski definition) is 0. The fourth-order valence-electron chi connectivity index (χ4n) is 8.33. The highest BCUT2D eigenvalue weighted by Gasteiger charge is 2.14. The minimum absolute atomic E-state index is 0.787. The Bertz CT molecular complexity index is 3200. The summed E-state index contributed by atoms with van der Waals surface area (Å²) in [5, 5.41) is 0. The number of rotatable bonds is 12. The SMILES string of the molecule is c1ccc(Oc2ccc(-c3ccnc4c(-c5ccc(Oc6ccccc6)cc5)ccnc34)cc2)cc1.c1ccc(Oc2ccc(-c3ccnc4c(-c5ccc(Oc6ccccc6)cc5)ccnc34)cc2)cc1. The van der Waals surface area contributed by atoms with Crippen molar-refractivity contribution >= 4 is 22.1 Å². The van der Waals surface area contributed by atoms with Crippen LogP contribution in [-0.2, 0) is 0 Å². The van der Waals surface area contributed by atoms with Gasteiger partial charge in [-0.05, 0) is 144 Å². The highest BCUT2D eigenvalue weighted by atomic mass is 16.5. The average molecular weight is 933 g/mol. The Labute approximate surface area is 417 Å². The molecular weight excluding hydrogens is 889 g/mol. The molecule has 0 saturated heterocycles. The van der Waals surface area contributed by atoms with E-state index in [0.29, 0.717) is 0 Å². The standard InChI is InChI=1S/2C32H22N2O2/c2*1-3-7-25(8-4-1)35-27-15-11-23(12-16-27)29-19-21-34-32-30(20-22-33-31(29)32)24-13-17-28(18-14-24)36-26-9-5-2-6-10-26/h2*1-22H. The van der Waals surface area contributed by atoms with Crippen molar-refractivity contribution in [3.63, 3.8) is 0 Å². The van der Waals surface area contributed by atoms with Crippen molar-refractivity contribution in [1.82, 2.24) is 19.9 Å². The maximum Gasteiger partial charge on any atom is 0.127 e. The fourth-order valence-corrected chi connectivity index (χ4v) is 8.33. The van der Waals surface area contributed by atoms with Gasteiger partial charge in [0, 0.05) is 47.0 Å². The number of ether oxygens (including phenoxy) is 4. The van der Waals surface area contributed by atoms with Crippen molar-refractivity contribution in [2.45, 2.75) is 0 Å². The summed E-state index contributed by atoms with van der Waals surface area (Å²) in [6.07, 6.45) is 7.35. The molecule has 0 N–H and O–H groups in total. The van der Waals surface area contributed by atoms with Crippen molar-refractivity contribution in [1.29, 1.82) is 0 Å². The molecule has 72 heavy (non-hydrogen) atoms. The minimum Gasteiger partial charge on any atom is -0.457 e. The molecular formula is C64H44N4O4. The smallest absolute Gasteiger partial charge is 0.127 e. The van der Waals surface area contributed by atoms with Crippen LogP contribution in [0.2, 0.25) is 0 Å². The van der Waals surface area contributed by atoms with Crippen molar-refractivity contribution < 1.29 is 18.9 Å². The van der Waals surface area contributed by atoms with Crippen LogP contribution in [0.5, 0.6) is 46.0 Å². The van der Waals surface area contributed by atoms with Crippen LogP contribution in [0.15, 0.2) is 267 Å². The van der Waals surface area contributed by atoms with Crippen LogP contribution in [0, 0.1) is 0 Å². The lowest BCUT2D eigenvalue weighted by atomic mass is 10.00. The lowest BCUT2D eigenvalue weighted by molar-refractivity contribution is 0.482. The molecule has 0 aliphatic rings. The van der Waals surface area contributed by atoms with Gasteiger partial charge in [-0.25, -0.2) is 0 Å². The summed E-state index contributed by atoms with van der Waals surface area (Å²) in [5.74, 6) is 6.39. The van der Waals surface area contributed by atoms with Crippen LogP contribution in [0.25, 0.3) is 66.6 Å². The summed E-state index contributed by atoms with van der Waals surface area (Å²) in [5.41, 5.74) is 11.8. The second-order valence-corrected chi connectivity index (χ2v) is 16.6. The molecule has 0 atom stereocenters. The summed E-state index contributed by atoms with van der Waals surface area (Å²) in [6.45, 7) is 0. The van der Waals surface area contributed by atoms with Gasteiger partial charge in [0.25, 0.3) is 0 Å². The molecule has 8 nitrogen and oxygen atoms in total. The van der Waals surface area contributed by atoms with E-state index in [4.69, 9.17) is 18.9 Å². The van der Waals surface area contributed by atoms with E-state index in [1.54, 1.807) is 0 Å². The van der Waals surface area contributed by atoms with E-state index in [1.165, 1.54) is 0 Å². The highest BCUT2D eigenvalue weighted by Crippen LogP contribution is 2.37. The minimum atomic E-state index is 0.787. The summed E-state index contributed by atoms with van der Waals surface area (Å²) >= 11 is 0. The summed E-state index contributed by atoms with van der Waals surface area (Å²) in [4.78, 5) is 18.8. The fraction of sp³-hybridized carbons (Fsp3) is 0. The van der Waals surface area contributed by atoms with Gasteiger partial charge in [-0.2, -0.15) is 0 Å². The average Bonchev–Trinajstić information content (AvgIpc) is 3.45. The molecule has 8 aromatic carbocycles. The quantitative estimate of drug-likeness (QED) is 0.120. The van der Waals surface area contributed by atoms with E-state index in [-0.39, 0.29) is 0 Å². The molecule has 8 heteroatoms. The molecule has 4 aromatic heterocycles. The molecule has 0 radical (unpaired) electrons. The lowest BCUT2D eigenvalue weighted by Gasteiger charge is -2.11. The Balaban J connectivity index is 0.000000156. The third-order valence-corrected chi connectivity index (χ3v) is 11.8. The third kappa shape index (κ3) is 10.4. The molecule has 12 rings (SSSR count). The van der Waals surface area contributed by atoms with E-state index < -0.39 is 0 Å². The van der Waals surface area contributed by atoms with Gasteiger partial charge >= 0.3 is 0 Å². The first-order valence-corrected chi connectivity index (χ1v) is 23.5. The van der Waals surface area contributed by atoms with E-state index in [9.17, 15) is 0 Å². The molecule has 0 bridgehead atoms. The van der Waals surface area contributed by atoms with E-state index in [2.05, 4.69) is 68.5 Å². The number of hydrogen-bond acceptors (Lipinski definition) is 8. The maximum atomic E-state index is 5.94. The van der Waals surface area contributed by atoms with Gasteiger partial charge in [-0.1, -0.05) is 121 Å². The first kappa shape index (κ1) is 44.6. The van der Waals surface area contributed by atoms with Gasteiger partial charge in [-0.3, -0.25) is 19.9 Å². The van der Waals surface area contributed by atoms with Gasteiger partial charge in [-0.15, -0.1) is 0 Å². The molecule has 0 amide bonds. The van der Waals surface area contributed by atoms with Crippen LogP contribution in [-0.4, -0.2) is 19.9 Å². The first-order chi connectivity index (χ1) is 35.7. The second-order valence-electron chi connectivity index (χ2n) is 16.6. The van der Waals surface area contributed by atoms with Crippen LogP contribution >= 0.6 is 0 Å². The van der Waals surface area contributed by atoms with Crippen LogP contribution < -0.4 is 18.9 Å². The Hall–Kier alpha value is -9.92. The maximum absolute atomic E-state index is 5.94. The van der Waals surface area contributed by atoms with Crippen LogP contribution in [0.3, 0.4) is 0 Å². The largest absolute Gasteiger partial charge is 0.457 e. The molecule has 0 unspecified atom stereocenters. The van der Waals surface area contributed by atoms with Crippen LogP contribution in [0.4, 0.5) is 0 Å². The number of para-hydroxylation sites is 4. The van der Waals surface area contributed by atoms with E-state index >= 15 is 0 Å². The molecule has 4 heterocycles. The topological polar surface area (TPSA) is 88.5 Å². The molecule has 0 spiro atoms. The predicted octanol–water partition coefficient (Wildman–Crippen LogP) is 17.1. The lowest BCUT2D eigenvalue weighted by Crippen LogP contribution is -1.91. The van der Waals surface area contributed by atoms with Gasteiger partial charge < -0.3 is 18.9 Å². The number of pyridine rings is 4. The summed E-state index contributed by atoms with van der Waals surface area (Å²) in [6, 6.07) is 79.3. The first-order valence-electron chi connectivity index (χ1n) is 23.5. The van der Waals surface area contributed by atoms with Crippen molar-refractivity contribution in [3.8, 4) is 90.5 Å². The van der Waals surface area contributed by atoms with Gasteiger partial charge in [0.1, 0.15) is 46.0 Å². The number of fused-ring (bicyclic) bond motifs is 2. The Morgan fingerprint density at radius 3 is 0.556 bits per heavy atom. The molecule has 0 fully saturated rings. The monoisotopic (exact) mass is 932 g/mol. The second kappa shape index (κ2) is 21.2. The zero-order valence-electron chi connectivity index (χ0n) is 38.8. The molecule has 0 saturated carbocycles. The summed E-state index contributed by atoms with van der Waals surface area (Å²) < 4.78 is 23.8. The van der Waals surface area contributed by atoms with Gasteiger partial charge in [0.05, 0.1) is 22.1 Å². The highest BCUT2D eigenvalue weighted by molar-refractivity contribution is 6.00. The molecule has 12 aromatic rings. The third-order valence-electron chi connectivity index (χ3n) is 11.8. The molecule has 344 valence electrons. The van der Waals surface area contributed by atoms with E-state index in [1.807, 2.05) is 219 Å².